The number of nitro groups is 1. The van der Waals surface area contributed by atoms with Crippen molar-refractivity contribution in [2.45, 2.75) is 37.0 Å². The van der Waals surface area contributed by atoms with Crippen LogP contribution in [0.4, 0.5) is 5.69 Å². The summed E-state index contributed by atoms with van der Waals surface area (Å²) in [6.45, 7) is 1.73. The highest BCUT2D eigenvalue weighted by Crippen LogP contribution is 2.39. The molecule has 0 atom stereocenters. The third-order valence-corrected chi connectivity index (χ3v) is 6.11. The van der Waals surface area contributed by atoms with Gasteiger partial charge in [0.1, 0.15) is 0 Å². The lowest BCUT2D eigenvalue weighted by molar-refractivity contribution is -0.384. The quantitative estimate of drug-likeness (QED) is 0.613. The SMILES string of the molecule is CSC1(CNCc2ccc([N+](=O)[O-])cc2Br)CCCC1. The molecule has 0 aliphatic heterocycles. The van der Waals surface area contributed by atoms with Crippen molar-refractivity contribution in [2.24, 2.45) is 0 Å². The summed E-state index contributed by atoms with van der Waals surface area (Å²) in [6.07, 6.45) is 7.40. The Kier molecular flexibility index (Phi) is 5.46. The summed E-state index contributed by atoms with van der Waals surface area (Å²) in [6, 6.07) is 4.94. The largest absolute Gasteiger partial charge is 0.311 e. The molecule has 0 radical (unpaired) electrons. The second kappa shape index (κ2) is 6.91. The van der Waals surface area contributed by atoms with Crippen molar-refractivity contribution in [1.82, 2.24) is 5.32 Å². The molecule has 0 heterocycles. The van der Waals surface area contributed by atoms with Crippen molar-refractivity contribution < 1.29 is 4.92 Å². The number of hydrogen-bond acceptors (Lipinski definition) is 4. The molecule has 2 rings (SSSR count). The van der Waals surface area contributed by atoms with Crippen molar-refractivity contribution in [3.8, 4) is 0 Å². The molecular weight excluding hydrogens is 340 g/mol. The van der Waals surface area contributed by atoms with Gasteiger partial charge in [-0.15, -0.1) is 0 Å². The number of nitrogens with one attached hydrogen (secondary N) is 1. The van der Waals surface area contributed by atoms with Crippen LogP contribution in [-0.4, -0.2) is 22.5 Å². The standard InChI is InChI=1S/C14H19BrN2O2S/c1-20-14(6-2-3-7-14)10-16-9-11-4-5-12(17(18)19)8-13(11)15/h4-5,8,16H,2-3,6-7,9-10H2,1H3. The molecule has 0 unspecified atom stereocenters. The van der Waals surface area contributed by atoms with E-state index in [0.29, 0.717) is 4.75 Å². The Morgan fingerprint density at radius 1 is 1.45 bits per heavy atom. The van der Waals surface area contributed by atoms with Crippen molar-refractivity contribution in [3.05, 3.63) is 38.3 Å². The van der Waals surface area contributed by atoms with Crippen molar-refractivity contribution in [3.63, 3.8) is 0 Å². The summed E-state index contributed by atoms with van der Waals surface area (Å²) in [7, 11) is 0. The number of non-ortho nitro benzene ring substituents is 1. The number of rotatable bonds is 6. The van der Waals surface area contributed by atoms with Gasteiger partial charge in [-0.1, -0.05) is 28.8 Å². The minimum Gasteiger partial charge on any atom is -0.311 e. The minimum absolute atomic E-state index is 0.122. The van der Waals surface area contributed by atoms with E-state index in [1.54, 1.807) is 12.1 Å². The molecule has 0 bridgehead atoms. The summed E-state index contributed by atoms with van der Waals surface area (Å²) in [5, 5.41) is 14.2. The average molecular weight is 359 g/mol. The predicted octanol–water partition coefficient (Wildman–Crippen LogP) is 4.12. The second-order valence-corrected chi connectivity index (χ2v) is 7.36. The van der Waals surface area contributed by atoms with Crippen LogP contribution in [0.25, 0.3) is 0 Å². The molecule has 1 fully saturated rings. The average Bonchev–Trinajstić information content (AvgIpc) is 2.90. The highest BCUT2D eigenvalue weighted by molar-refractivity contribution is 9.10. The molecule has 110 valence electrons. The topological polar surface area (TPSA) is 55.2 Å². The molecule has 1 aliphatic carbocycles. The van der Waals surface area contributed by atoms with E-state index >= 15 is 0 Å². The highest BCUT2D eigenvalue weighted by atomic mass is 79.9. The van der Waals surface area contributed by atoms with Crippen molar-refractivity contribution in [1.29, 1.82) is 0 Å². The van der Waals surface area contributed by atoms with E-state index in [1.807, 2.05) is 17.8 Å². The van der Waals surface area contributed by atoms with Crippen LogP contribution in [0.5, 0.6) is 0 Å². The zero-order chi connectivity index (χ0) is 14.6. The number of benzene rings is 1. The molecule has 1 saturated carbocycles. The zero-order valence-electron chi connectivity index (χ0n) is 11.5. The fraction of sp³-hybridized carbons (Fsp3) is 0.571. The maximum Gasteiger partial charge on any atom is 0.270 e. The first-order chi connectivity index (χ1) is 9.56. The van der Waals surface area contributed by atoms with Gasteiger partial charge in [0.25, 0.3) is 5.69 Å². The monoisotopic (exact) mass is 358 g/mol. The molecule has 0 saturated heterocycles. The number of halogens is 1. The Hall–Kier alpha value is -0.590. The molecule has 4 nitrogen and oxygen atoms in total. The van der Waals surface area contributed by atoms with Crippen LogP contribution in [0.1, 0.15) is 31.2 Å². The summed E-state index contributed by atoms with van der Waals surface area (Å²) in [5.74, 6) is 0. The molecule has 1 N–H and O–H groups in total. The fourth-order valence-corrected chi connectivity index (χ4v) is 4.14. The molecule has 20 heavy (non-hydrogen) atoms. The molecule has 1 aliphatic rings. The lowest BCUT2D eigenvalue weighted by atomic mass is 10.1. The van der Waals surface area contributed by atoms with E-state index < -0.39 is 0 Å². The smallest absolute Gasteiger partial charge is 0.270 e. The van der Waals surface area contributed by atoms with Crippen LogP contribution in [-0.2, 0) is 6.54 Å². The third kappa shape index (κ3) is 3.74. The van der Waals surface area contributed by atoms with Crippen LogP contribution < -0.4 is 5.32 Å². The van der Waals surface area contributed by atoms with Gasteiger partial charge in [0, 0.05) is 34.4 Å². The van der Waals surface area contributed by atoms with Crippen molar-refractivity contribution in [2.75, 3.05) is 12.8 Å². The van der Waals surface area contributed by atoms with Crippen LogP contribution in [0.15, 0.2) is 22.7 Å². The maximum atomic E-state index is 10.7. The fourth-order valence-electron chi connectivity index (χ4n) is 2.69. The molecule has 1 aromatic rings. The summed E-state index contributed by atoms with van der Waals surface area (Å²) >= 11 is 5.37. The first kappa shape index (κ1) is 15.8. The number of thioether (sulfide) groups is 1. The van der Waals surface area contributed by atoms with Crippen LogP contribution in [0.3, 0.4) is 0 Å². The van der Waals surface area contributed by atoms with E-state index in [2.05, 4.69) is 27.5 Å². The minimum atomic E-state index is -0.372. The normalized spacial score (nSPS) is 17.3. The molecule has 6 heteroatoms. The predicted molar refractivity (Wildman–Crippen MR) is 87.2 cm³/mol. The molecule has 0 aromatic heterocycles. The van der Waals surface area contributed by atoms with Crippen LogP contribution >= 0.6 is 27.7 Å². The number of nitro benzene ring substituents is 1. The van der Waals surface area contributed by atoms with E-state index in [0.717, 1.165) is 23.1 Å². The zero-order valence-corrected chi connectivity index (χ0v) is 13.9. The van der Waals surface area contributed by atoms with Crippen LogP contribution in [0, 0.1) is 10.1 Å². The Morgan fingerprint density at radius 2 is 2.15 bits per heavy atom. The molecule has 0 amide bonds. The second-order valence-electron chi connectivity index (χ2n) is 5.23. The number of nitrogens with zero attached hydrogens (tertiary/aromatic N) is 1. The third-order valence-electron chi connectivity index (χ3n) is 3.96. The van der Waals surface area contributed by atoms with Gasteiger partial charge in [0.2, 0.25) is 0 Å². The van der Waals surface area contributed by atoms with Gasteiger partial charge in [0.05, 0.1) is 4.92 Å². The van der Waals surface area contributed by atoms with Gasteiger partial charge in [-0.05, 0) is 30.7 Å². The van der Waals surface area contributed by atoms with Gasteiger partial charge in [-0.2, -0.15) is 11.8 Å². The van der Waals surface area contributed by atoms with Gasteiger partial charge < -0.3 is 5.32 Å². The maximum absolute atomic E-state index is 10.7. The Balaban J connectivity index is 1.92. The highest BCUT2D eigenvalue weighted by Gasteiger charge is 2.32. The summed E-state index contributed by atoms with van der Waals surface area (Å²) in [4.78, 5) is 10.3. The van der Waals surface area contributed by atoms with E-state index in [9.17, 15) is 10.1 Å². The van der Waals surface area contributed by atoms with Gasteiger partial charge in [-0.25, -0.2) is 0 Å². The summed E-state index contributed by atoms with van der Waals surface area (Å²) in [5.41, 5.74) is 1.18. The Labute approximate surface area is 132 Å². The van der Waals surface area contributed by atoms with Gasteiger partial charge in [0.15, 0.2) is 0 Å². The number of hydrogen-bond donors (Lipinski definition) is 1. The van der Waals surface area contributed by atoms with E-state index in [1.165, 1.54) is 25.7 Å². The van der Waals surface area contributed by atoms with E-state index in [-0.39, 0.29) is 10.6 Å². The Morgan fingerprint density at radius 3 is 2.70 bits per heavy atom. The first-order valence-electron chi connectivity index (χ1n) is 6.75. The van der Waals surface area contributed by atoms with Crippen molar-refractivity contribution >= 4 is 33.4 Å². The summed E-state index contributed by atoms with van der Waals surface area (Å²) < 4.78 is 1.18. The molecule has 1 aromatic carbocycles. The Bertz CT molecular complexity index is 490. The van der Waals surface area contributed by atoms with Gasteiger partial charge >= 0.3 is 0 Å². The lowest BCUT2D eigenvalue weighted by Crippen LogP contribution is -2.34. The van der Waals surface area contributed by atoms with E-state index in [4.69, 9.17) is 0 Å². The molecular formula is C14H19BrN2O2S. The van der Waals surface area contributed by atoms with Crippen LogP contribution in [0.2, 0.25) is 0 Å². The lowest BCUT2D eigenvalue weighted by Gasteiger charge is -2.27. The molecule has 0 spiro atoms. The van der Waals surface area contributed by atoms with Gasteiger partial charge in [-0.3, -0.25) is 10.1 Å². The first-order valence-corrected chi connectivity index (χ1v) is 8.77.